The van der Waals surface area contributed by atoms with E-state index in [0.29, 0.717) is 0 Å². The summed E-state index contributed by atoms with van der Waals surface area (Å²) in [6, 6.07) is 0. The highest BCUT2D eigenvalue weighted by atomic mass is 14.7. The molecule has 0 amide bonds. The maximum atomic E-state index is 5.35. The molecule has 0 aromatic heterocycles. The van der Waals surface area contributed by atoms with Gasteiger partial charge in [-0.2, -0.15) is 0 Å². The first kappa shape index (κ1) is 14.5. The highest BCUT2D eigenvalue weighted by Gasteiger charge is 1.95. The van der Waals surface area contributed by atoms with Crippen molar-refractivity contribution >= 4 is 0 Å². The largest absolute Gasteiger partial charge is 0.326 e. The molecule has 0 atom stereocenters. The Bertz CT molecular complexity index is 61.6. The predicted molar refractivity (Wildman–Crippen MR) is 58.4 cm³/mol. The van der Waals surface area contributed by atoms with Crippen LogP contribution in [0, 0.1) is 0 Å². The Morgan fingerprint density at radius 1 is 0.833 bits per heavy atom. The van der Waals surface area contributed by atoms with Crippen LogP contribution in [0.5, 0.6) is 0 Å². The monoisotopic (exact) mass is 173 g/mol. The zero-order chi connectivity index (χ0) is 10.0. The minimum Gasteiger partial charge on any atom is -0.326 e. The highest BCUT2D eigenvalue weighted by Crippen LogP contribution is 2.00. The number of nitrogens with two attached hydrogens (primary N) is 1. The minimum absolute atomic E-state index is 0. The van der Waals surface area contributed by atoms with E-state index in [0.717, 1.165) is 0 Å². The molecule has 12 heavy (non-hydrogen) atoms. The molecule has 0 aliphatic carbocycles. The molecule has 2 N–H and O–H groups in total. The molecule has 0 saturated heterocycles. The van der Waals surface area contributed by atoms with Gasteiger partial charge in [-0.1, -0.05) is 46.0 Å². The van der Waals surface area contributed by atoms with Gasteiger partial charge in [0.2, 0.25) is 0 Å². The Hall–Kier alpha value is -0.0400. The molecule has 0 spiro atoms. The lowest BCUT2D eigenvalue weighted by Crippen LogP contribution is -2.26. The van der Waals surface area contributed by atoms with Gasteiger partial charge in [-0.05, 0) is 20.8 Å². The molecule has 76 valence electrons. The van der Waals surface area contributed by atoms with Gasteiger partial charge < -0.3 is 5.73 Å². The van der Waals surface area contributed by atoms with Gasteiger partial charge in [-0.3, -0.25) is 0 Å². The zero-order valence-electron chi connectivity index (χ0n) is 9.61. The molecule has 0 saturated carbocycles. The van der Waals surface area contributed by atoms with E-state index in [4.69, 9.17) is 5.73 Å². The van der Waals surface area contributed by atoms with E-state index in [1.807, 2.05) is 20.8 Å². The fourth-order valence-corrected chi connectivity index (χ4v) is 0.677. The van der Waals surface area contributed by atoms with Gasteiger partial charge >= 0.3 is 0 Å². The van der Waals surface area contributed by atoms with Crippen LogP contribution in [-0.2, 0) is 0 Å². The first-order chi connectivity index (χ1) is 5.41. The Kier molecular flexibility index (Phi) is 10.9. The molecule has 0 radical (unpaired) electrons. The minimum atomic E-state index is 0. The van der Waals surface area contributed by atoms with Crippen LogP contribution in [0.2, 0.25) is 0 Å². The fraction of sp³-hybridized carbons (Fsp3) is 1.00. The Morgan fingerprint density at radius 2 is 1.08 bits per heavy atom. The van der Waals surface area contributed by atoms with Crippen LogP contribution >= 0.6 is 0 Å². The second kappa shape index (κ2) is 9.05. The van der Waals surface area contributed by atoms with Crippen LogP contribution in [0.3, 0.4) is 0 Å². The zero-order valence-corrected chi connectivity index (χ0v) is 9.61. The highest BCUT2D eigenvalue weighted by molar-refractivity contribution is 4.60. The van der Waals surface area contributed by atoms with Gasteiger partial charge in [0.15, 0.2) is 0 Å². The first-order valence-electron chi connectivity index (χ1n) is 5.20. The summed E-state index contributed by atoms with van der Waals surface area (Å²) in [5, 5.41) is 0. The summed E-state index contributed by atoms with van der Waals surface area (Å²) >= 11 is 0. The summed E-state index contributed by atoms with van der Waals surface area (Å²) in [6.07, 6.45) is 7.01. The van der Waals surface area contributed by atoms with Crippen LogP contribution in [0.1, 0.15) is 66.7 Å². The van der Waals surface area contributed by atoms with Crippen molar-refractivity contribution in [2.45, 2.75) is 72.3 Å². The standard InChI is InChI=1S/C7H16.C4H11N/c1-3-5-7-6-4-2;1-4(2,3)5/h3-7H2,1-2H3;5H2,1-3H3. The third-order valence-electron chi connectivity index (χ3n) is 1.21. The summed E-state index contributed by atoms with van der Waals surface area (Å²) in [4.78, 5) is 0. The van der Waals surface area contributed by atoms with Crippen LogP contribution in [-0.4, -0.2) is 5.54 Å². The van der Waals surface area contributed by atoms with Crippen molar-refractivity contribution in [2.75, 3.05) is 0 Å². The third-order valence-corrected chi connectivity index (χ3v) is 1.21. The maximum absolute atomic E-state index is 5.35. The quantitative estimate of drug-likeness (QED) is 0.644. The Labute approximate surface area is 78.7 Å². The lowest BCUT2D eigenvalue weighted by molar-refractivity contribution is 0.580. The Morgan fingerprint density at radius 3 is 1.25 bits per heavy atom. The molecule has 0 bridgehead atoms. The van der Waals surface area contributed by atoms with E-state index in [-0.39, 0.29) is 5.54 Å². The van der Waals surface area contributed by atoms with E-state index in [9.17, 15) is 0 Å². The van der Waals surface area contributed by atoms with E-state index in [1.54, 1.807) is 0 Å². The second-order valence-corrected chi connectivity index (χ2v) is 4.43. The lowest BCUT2D eigenvalue weighted by Gasteiger charge is -2.06. The van der Waals surface area contributed by atoms with E-state index >= 15 is 0 Å². The van der Waals surface area contributed by atoms with Crippen molar-refractivity contribution in [2.24, 2.45) is 5.73 Å². The lowest BCUT2D eigenvalue weighted by atomic mass is 10.1. The molecular formula is C11H27N. The third kappa shape index (κ3) is 51.0. The van der Waals surface area contributed by atoms with Crippen LogP contribution in [0.25, 0.3) is 0 Å². The second-order valence-electron chi connectivity index (χ2n) is 4.43. The number of hydrogen-bond acceptors (Lipinski definition) is 1. The molecule has 0 rings (SSSR count). The summed E-state index contributed by atoms with van der Waals surface area (Å²) < 4.78 is 0. The van der Waals surface area contributed by atoms with Gasteiger partial charge in [-0.15, -0.1) is 0 Å². The molecule has 0 unspecified atom stereocenters. The van der Waals surface area contributed by atoms with Crippen LogP contribution in [0.15, 0.2) is 0 Å². The first-order valence-corrected chi connectivity index (χ1v) is 5.20. The van der Waals surface area contributed by atoms with Gasteiger partial charge in [0.1, 0.15) is 0 Å². The van der Waals surface area contributed by atoms with Gasteiger partial charge in [0.25, 0.3) is 0 Å². The molecule has 0 aromatic carbocycles. The average Bonchev–Trinajstić information content (AvgIpc) is 1.85. The van der Waals surface area contributed by atoms with Crippen molar-refractivity contribution < 1.29 is 0 Å². The summed E-state index contributed by atoms with van der Waals surface area (Å²) in [5.74, 6) is 0. The van der Waals surface area contributed by atoms with E-state index in [1.165, 1.54) is 32.1 Å². The number of unbranched alkanes of at least 4 members (excludes halogenated alkanes) is 4. The van der Waals surface area contributed by atoms with Crippen molar-refractivity contribution in [3.63, 3.8) is 0 Å². The molecular weight excluding hydrogens is 146 g/mol. The van der Waals surface area contributed by atoms with Crippen molar-refractivity contribution in [1.82, 2.24) is 0 Å². The average molecular weight is 173 g/mol. The molecule has 0 aliphatic rings. The molecule has 0 heterocycles. The van der Waals surface area contributed by atoms with Gasteiger partial charge in [-0.25, -0.2) is 0 Å². The maximum Gasteiger partial charge on any atom is 0.00686 e. The predicted octanol–water partition coefficient (Wildman–Crippen LogP) is 3.72. The van der Waals surface area contributed by atoms with E-state index in [2.05, 4.69) is 13.8 Å². The van der Waals surface area contributed by atoms with Gasteiger partial charge in [0.05, 0.1) is 0 Å². The molecule has 1 nitrogen and oxygen atoms in total. The topological polar surface area (TPSA) is 26.0 Å². The van der Waals surface area contributed by atoms with Crippen LogP contribution in [0.4, 0.5) is 0 Å². The summed E-state index contributed by atoms with van der Waals surface area (Å²) in [5.41, 5.74) is 5.35. The van der Waals surface area contributed by atoms with Crippen molar-refractivity contribution in [1.29, 1.82) is 0 Å². The summed E-state index contributed by atoms with van der Waals surface area (Å²) in [6.45, 7) is 10.4. The smallest absolute Gasteiger partial charge is 0.00686 e. The van der Waals surface area contributed by atoms with Gasteiger partial charge in [0, 0.05) is 5.54 Å². The number of hydrogen-bond donors (Lipinski definition) is 1. The van der Waals surface area contributed by atoms with E-state index < -0.39 is 0 Å². The molecule has 1 heteroatoms. The fourth-order valence-electron chi connectivity index (χ4n) is 0.677. The molecule has 0 aliphatic heterocycles. The normalized spacial score (nSPS) is 10.5. The summed E-state index contributed by atoms with van der Waals surface area (Å²) in [7, 11) is 0. The number of rotatable bonds is 4. The van der Waals surface area contributed by atoms with Crippen LogP contribution < -0.4 is 5.73 Å². The molecule has 0 aromatic rings. The molecule has 0 fully saturated rings. The van der Waals surface area contributed by atoms with Crippen molar-refractivity contribution in [3.05, 3.63) is 0 Å². The Balaban J connectivity index is 0. The SMILES string of the molecule is CC(C)(C)N.CCCCCCC. The van der Waals surface area contributed by atoms with Crippen molar-refractivity contribution in [3.8, 4) is 0 Å².